The predicted octanol–water partition coefficient (Wildman–Crippen LogP) is 4.47. The number of anilines is 1. The van der Waals surface area contributed by atoms with Crippen LogP contribution in [0.15, 0.2) is 65.0 Å². The number of carbonyl (C=O) groups excluding carboxylic acids is 1. The Balaban J connectivity index is 1.65. The van der Waals surface area contributed by atoms with Crippen molar-refractivity contribution < 1.29 is 9.18 Å². The lowest BCUT2D eigenvalue weighted by atomic mass is 10.1. The summed E-state index contributed by atoms with van der Waals surface area (Å²) in [5, 5.41) is 5.13. The van der Waals surface area contributed by atoms with Crippen molar-refractivity contribution in [1.82, 2.24) is 9.55 Å². The Morgan fingerprint density at radius 1 is 1.17 bits per heavy atom. The zero-order chi connectivity index (χ0) is 20.4. The van der Waals surface area contributed by atoms with E-state index in [1.54, 1.807) is 12.1 Å². The van der Waals surface area contributed by atoms with E-state index in [0.717, 1.165) is 23.2 Å². The molecule has 0 aliphatic heterocycles. The first-order valence-corrected chi connectivity index (χ1v) is 10.0. The second kappa shape index (κ2) is 7.97. The van der Waals surface area contributed by atoms with Gasteiger partial charge in [-0.1, -0.05) is 37.3 Å². The van der Waals surface area contributed by atoms with Gasteiger partial charge in [-0.25, -0.2) is 9.37 Å². The Morgan fingerprint density at radius 3 is 2.69 bits per heavy atom. The molecule has 0 aliphatic rings. The van der Waals surface area contributed by atoms with Crippen LogP contribution in [0.3, 0.4) is 0 Å². The number of aromatic nitrogens is 2. The number of fused-ring (bicyclic) bond motifs is 1. The lowest BCUT2D eigenvalue weighted by molar-refractivity contribution is -0.116. The molecule has 0 spiro atoms. The van der Waals surface area contributed by atoms with Crippen molar-refractivity contribution in [2.75, 3.05) is 5.32 Å². The molecule has 0 bridgehead atoms. The maximum Gasteiger partial charge on any atom is 0.263 e. The Hall–Kier alpha value is -3.32. The molecule has 4 rings (SSSR count). The van der Waals surface area contributed by atoms with E-state index in [1.165, 1.54) is 34.4 Å². The van der Waals surface area contributed by atoms with Crippen molar-refractivity contribution in [3.8, 4) is 11.1 Å². The van der Waals surface area contributed by atoms with E-state index < -0.39 is 0 Å². The Morgan fingerprint density at radius 2 is 1.93 bits per heavy atom. The predicted molar refractivity (Wildman–Crippen MR) is 114 cm³/mol. The molecular formula is C22H18FN3O2S. The molecule has 0 unspecified atom stereocenters. The molecule has 0 radical (unpaired) electrons. The molecule has 0 saturated carbocycles. The van der Waals surface area contributed by atoms with Crippen LogP contribution in [0, 0.1) is 5.82 Å². The maximum atomic E-state index is 13.2. The molecule has 0 aliphatic carbocycles. The summed E-state index contributed by atoms with van der Waals surface area (Å²) >= 11 is 1.34. The number of benzene rings is 2. The normalized spacial score (nSPS) is 11.0. The Bertz CT molecular complexity index is 1250. The third-order valence-corrected chi connectivity index (χ3v) is 5.59. The third-order valence-electron chi connectivity index (χ3n) is 4.70. The fourth-order valence-corrected chi connectivity index (χ4v) is 4.12. The van der Waals surface area contributed by atoms with Crippen LogP contribution in [0.2, 0.25) is 0 Å². The summed E-state index contributed by atoms with van der Waals surface area (Å²) in [4.78, 5) is 30.5. The van der Waals surface area contributed by atoms with Crippen LogP contribution in [0.5, 0.6) is 0 Å². The summed E-state index contributed by atoms with van der Waals surface area (Å²) in [6, 6.07) is 13.5. The quantitative estimate of drug-likeness (QED) is 0.531. The summed E-state index contributed by atoms with van der Waals surface area (Å²) in [7, 11) is 0. The molecule has 0 fully saturated rings. The van der Waals surface area contributed by atoms with E-state index in [9.17, 15) is 14.0 Å². The van der Waals surface area contributed by atoms with E-state index in [0.29, 0.717) is 15.8 Å². The molecule has 146 valence electrons. The van der Waals surface area contributed by atoms with Gasteiger partial charge in [0.2, 0.25) is 5.91 Å². The molecule has 2 heterocycles. The first kappa shape index (κ1) is 19.0. The van der Waals surface area contributed by atoms with Gasteiger partial charge in [0.25, 0.3) is 5.56 Å². The van der Waals surface area contributed by atoms with Crippen LogP contribution in [0.4, 0.5) is 10.1 Å². The topological polar surface area (TPSA) is 64.0 Å². The number of nitrogens with zero attached hydrogens (tertiary/aromatic N) is 2. The highest BCUT2D eigenvalue weighted by atomic mass is 32.1. The molecule has 1 N–H and O–H groups in total. The number of thiophene rings is 1. The van der Waals surface area contributed by atoms with Crippen LogP contribution in [-0.4, -0.2) is 15.5 Å². The van der Waals surface area contributed by atoms with Crippen molar-refractivity contribution in [1.29, 1.82) is 0 Å². The summed E-state index contributed by atoms with van der Waals surface area (Å²) in [5.74, 6) is -0.638. The van der Waals surface area contributed by atoms with E-state index in [1.807, 2.05) is 36.6 Å². The van der Waals surface area contributed by atoms with Gasteiger partial charge in [0.15, 0.2) is 0 Å². The second-order valence-corrected chi connectivity index (χ2v) is 7.43. The lowest BCUT2D eigenvalue weighted by Gasteiger charge is -2.11. The fraction of sp³-hybridized carbons (Fsp3) is 0.136. The number of carbonyl (C=O) groups is 1. The van der Waals surface area contributed by atoms with Crippen LogP contribution >= 0.6 is 11.3 Å². The highest BCUT2D eigenvalue weighted by Gasteiger charge is 2.15. The Labute approximate surface area is 170 Å². The summed E-state index contributed by atoms with van der Waals surface area (Å²) in [5.41, 5.74) is 2.89. The Kier molecular flexibility index (Phi) is 5.22. The molecule has 2 aromatic carbocycles. The zero-order valence-corrected chi connectivity index (χ0v) is 16.5. The van der Waals surface area contributed by atoms with Gasteiger partial charge < -0.3 is 5.32 Å². The minimum Gasteiger partial charge on any atom is -0.324 e. The van der Waals surface area contributed by atoms with E-state index in [4.69, 9.17) is 0 Å². The first-order valence-electron chi connectivity index (χ1n) is 9.17. The molecule has 0 atom stereocenters. The van der Waals surface area contributed by atoms with Crippen molar-refractivity contribution >= 4 is 33.1 Å². The third kappa shape index (κ3) is 3.82. The minimum atomic E-state index is -0.340. The van der Waals surface area contributed by atoms with Crippen molar-refractivity contribution in [2.24, 2.45) is 0 Å². The average molecular weight is 407 g/mol. The van der Waals surface area contributed by atoms with Crippen LogP contribution in [-0.2, 0) is 17.8 Å². The van der Waals surface area contributed by atoms with Crippen LogP contribution in [0.25, 0.3) is 21.3 Å². The second-order valence-electron chi connectivity index (χ2n) is 6.57. The smallest absolute Gasteiger partial charge is 0.263 e. The van der Waals surface area contributed by atoms with Gasteiger partial charge in [0.05, 0.1) is 11.7 Å². The average Bonchev–Trinajstić information content (AvgIpc) is 3.16. The number of halogens is 1. The number of aryl methyl sites for hydroxylation is 1. The number of nitrogens with one attached hydrogen (secondary N) is 1. The lowest BCUT2D eigenvalue weighted by Crippen LogP contribution is -2.28. The molecule has 7 heteroatoms. The fourth-order valence-electron chi connectivity index (χ4n) is 3.22. The molecule has 2 aromatic heterocycles. The molecule has 29 heavy (non-hydrogen) atoms. The van der Waals surface area contributed by atoms with Gasteiger partial charge in [0, 0.05) is 16.6 Å². The number of para-hydroxylation sites is 1. The SMILES string of the molecule is CCc1ccccc1NC(=O)Cn1cnc2scc(-c3ccc(F)cc3)c2c1=O. The first-order chi connectivity index (χ1) is 14.1. The highest BCUT2D eigenvalue weighted by Crippen LogP contribution is 2.30. The van der Waals surface area contributed by atoms with Crippen LogP contribution < -0.4 is 10.9 Å². The number of amides is 1. The number of hydrogen-bond donors (Lipinski definition) is 1. The van der Waals surface area contributed by atoms with Gasteiger partial charge in [-0.15, -0.1) is 11.3 Å². The van der Waals surface area contributed by atoms with Gasteiger partial charge in [-0.3, -0.25) is 14.2 Å². The van der Waals surface area contributed by atoms with Gasteiger partial charge in [-0.2, -0.15) is 0 Å². The van der Waals surface area contributed by atoms with E-state index >= 15 is 0 Å². The van der Waals surface area contributed by atoms with Crippen molar-refractivity contribution in [2.45, 2.75) is 19.9 Å². The van der Waals surface area contributed by atoms with Gasteiger partial charge in [0.1, 0.15) is 17.2 Å². The summed E-state index contributed by atoms with van der Waals surface area (Å²) in [6.07, 6.45) is 2.18. The van der Waals surface area contributed by atoms with Gasteiger partial charge >= 0.3 is 0 Å². The zero-order valence-electron chi connectivity index (χ0n) is 15.7. The van der Waals surface area contributed by atoms with E-state index in [-0.39, 0.29) is 23.8 Å². The maximum absolute atomic E-state index is 13.2. The van der Waals surface area contributed by atoms with Crippen molar-refractivity contribution in [3.63, 3.8) is 0 Å². The summed E-state index contributed by atoms with van der Waals surface area (Å²) in [6.45, 7) is 1.87. The molecule has 1 amide bonds. The van der Waals surface area contributed by atoms with Crippen molar-refractivity contribution in [3.05, 3.63) is 82.0 Å². The monoisotopic (exact) mass is 407 g/mol. The van der Waals surface area contributed by atoms with Crippen LogP contribution in [0.1, 0.15) is 12.5 Å². The molecule has 5 nitrogen and oxygen atoms in total. The number of hydrogen-bond acceptors (Lipinski definition) is 4. The minimum absolute atomic E-state index is 0.140. The van der Waals surface area contributed by atoms with E-state index in [2.05, 4.69) is 10.3 Å². The molecule has 0 saturated heterocycles. The number of rotatable bonds is 5. The standard InChI is InChI=1S/C22H18FN3O2S/c1-2-14-5-3-4-6-18(14)25-19(27)11-26-13-24-21-20(22(26)28)17(12-29-21)15-7-9-16(23)10-8-15/h3-10,12-13H,2,11H2,1H3,(H,25,27). The molecule has 4 aromatic rings. The van der Waals surface area contributed by atoms with Gasteiger partial charge in [-0.05, 0) is 35.7 Å². The largest absolute Gasteiger partial charge is 0.324 e. The molecular weight excluding hydrogens is 389 g/mol. The highest BCUT2D eigenvalue weighted by molar-refractivity contribution is 7.17. The summed E-state index contributed by atoms with van der Waals surface area (Å²) < 4.78 is 14.5.